The Morgan fingerprint density at radius 3 is 2.50 bits per heavy atom. The van der Waals surface area contributed by atoms with E-state index in [1.807, 2.05) is 12.2 Å². The lowest BCUT2D eigenvalue weighted by molar-refractivity contribution is -0.149. The van der Waals surface area contributed by atoms with E-state index in [0.717, 1.165) is 36.8 Å². The Balaban J connectivity index is 2.16. The number of hydrogen-bond donors (Lipinski definition) is 2. The molecule has 5 heteroatoms. The lowest BCUT2D eigenvalue weighted by Gasteiger charge is -2.22. The van der Waals surface area contributed by atoms with Crippen LogP contribution in [-0.4, -0.2) is 41.3 Å². The maximum absolute atomic E-state index is 12.3. The molecule has 5 nitrogen and oxygen atoms in total. The Bertz CT molecular complexity index is 667. The standard InChI is InChI=1S/C25H38O5/c1-4-25(2,29)16-15-20(18-9-5-6-10-18)19(17-26)11-7-13-22(24(28)30-3)21-12-8-14-23(21)27/h4,11,15,18,21-22,26,29H,1,5-10,12-14,16-17H2,2-3H3/t21-,22+,25+/m1/s1. The fourth-order valence-electron chi connectivity index (χ4n) is 4.81. The van der Waals surface area contributed by atoms with Crippen molar-refractivity contribution >= 4 is 11.8 Å². The number of ether oxygens (including phenoxy) is 1. The summed E-state index contributed by atoms with van der Waals surface area (Å²) in [6.07, 6.45) is 13.8. The molecule has 2 aliphatic carbocycles. The van der Waals surface area contributed by atoms with Crippen LogP contribution in [0.3, 0.4) is 0 Å². The summed E-state index contributed by atoms with van der Waals surface area (Å²) in [6.45, 7) is 5.34. The van der Waals surface area contributed by atoms with E-state index in [1.165, 1.54) is 26.0 Å². The highest BCUT2D eigenvalue weighted by molar-refractivity contribution is 5.88. The van der Waals surface area contributed by atoms with E-state index in [9.17, 15) is 19.8 Å². The minimum atomic E-state index is -0.983. The molecule has 168 valence electrons. The molecule has 0 aliphatic heterocycles. The van der Waals surface area contributed by atoms with Crippen molar-refractivity contribution < 1.29 is 24.5 Å². The van der Waals surface area contributed by atoms with Crippen molar-refractivity contribution in [3.8, 4) is 0 Å². The van der Waals surface area contributed by atoms with E-state index in [0.29, 0.717) is 31.6 Å². The Morgan fingerprint density at radius 2 is 1.97 bits per heavy atom. The van der Waals surface area contributed by atoms with Gasteiger partial charge in [-0.25, -0.2) is 0 Å². The first-order valence-corrected chi connectivity index (χ1v) is 11.3. The summed E-state index contributed by atoms with van der Waals surface area (Å²) < 4.78 is 4.96. The van der Waals surface area contributed by atoms with Gasteiger partial charge < -0.3 is 14.9 Å². The molecule has 0 saturated heterocycles. The van der Waals surface area contributed by atoms with Gasteiger partial charge in [0.05, 0.1) is 25.2 Å². The smallest absolute Gasteiger partial charge is 0.309 e. The van der Waals surface area contributed by atoms with Gasteiger partial charge in [-0.2, -0.15) is 0 Å². The van der Waals surface area contributed by atoms with Crippen LogP contribution >= 0.6 is 0 Å². The van der Waals surface area contributed by atoms with E-state index in [1.54, 1.807) is 6.92 Å². The van der Waals surface area contributed by atoms with Crippen molar-refractivity contribution in [2.75, 3.05) is 13.7 Å². The average molecular weight is 419 g/mol. The van der Waals surface area contributed by atoms with Crippen LogP contribution in [0.4, 0.5) is 0 Å². The van der Waals surface area contributed by atoms with Crippen LogP contribution in [0, 0.1) is 17.8 Å². The van der Waals surface area contributed by atoms with Crippen LogP contribution in [0.2, 0.25) is 0 Å². The number of hydrogen-bond acceptors (Lipinski definition) is 5. The van der Waals surface area contributed by atoms with Crippen LogP contribution in [0.1, 0.15) is 71.1 Å². The summed E-state index contributed by atoms with van der Waals surface area (Å²) >= 11 is 0. The maximum Gasteiger partial charge on any atom is 0.309 e. The molecule has 2 rings (SSSR count). The van der Waals surface area contributed by atoms with Gasteiger partial charge in [-0.05, 0) is 68.9 Å². The zero-order valence-corrected chi connectivity index (χ0v) is 18.6. The number of carbonyl (C=O) groups excluding carboxylic acids is 2. The largest absolute Gasteiger partial charge is 0.469 e. The number of ketones is 1. The van der Waals surface area contributed by atoms with E-state index in [2.05, 4.69) is 6.58 Å². The van der Waals surface area contributed by atoms with Crippen LogP contribution in [-0.2, 0) is 14.3 Å². The lowest BCUT2D eigenvalue weighted by Crippen LogP contribution is -2.27. The van der Waals surface area contributed by atoms with Gasteiger partial charge in [0.15, 0.2) is 0 Å². The Morgan fingerprint density at radius 1 is 1.27 bits per heavy atom. The molecule has 0 radical (unpaired) electrons. The third kappa shape index (κ3) is 6.64. The van der Waals surface area contributed by atoms with Crippen molar-refractivity contribution in [2.24, 2.45) is 17.8 Å². The summed E-state index contributed by atoms with van der Waals surface area (Å²) in [4.78, 5) is 24.5. The minimum Gasteiger partial charge on any atom is -0.469 e. The van der Waals surface area contributed by atoms with Crippen LogP contribution < -0.4 is 0 Å². The SMILES string of the molecule is C=C[C@](C)(O)CC=C(C(=CCC[C@H](C(=O)OC)[C@H]1CCCC1=O)CO)C1CCCC1. The van der Waals surface area contributed by atoms with E-state index >= 15 is 0 Å². The van der Waals surface area contributed by atoms with Gasteiger partial charge >= 0.3 is 5.97 Å². The Kier molecular flexibility index (Phi) is 9.50. The normalized spacial score (nSPS) is 24.0. The molecule has 2 N–H and O–H groups in total. The quantitative estimate of drug-likeness (QED) is 0.297. The van der Waals surface area contributed by atoms with E-state index < -0.39 is 11.5 Å². The van der Waals surface area contributed by atoms with Gasteiger partial charge in [0.1, 0.15) is 5.78 Å². The number of esters is 1. The van der Waals surface area contributed by atoms with E-state index in [4.69, 9.17) is 4.74 Å². The van der Waals surface area contributed by atoms with Gasteiger partial charge in [0.2, 0.25) is 0 Å². The predicted molar refractivity (Wildman–Crippen MR) is 118 cm³/mol. The van der Waals surface area contributed by atoms with Gasteiger partial charge in [-0.1, -0.05) is 31.1 Å². The van der Waals surface area contributed by atoms with Crippen molar-refractivity contribution in [3.05, 3.63) is 36.0 Å². The molecular formula is C25H38O5. The topological polar surface area (TPSA) is 83.8 Å². The molecule has 0 aromatic heterocycles. The highest BCUT2D eigenvalue weighted by Gasteiger charge is 2.36. The van der Waals surface area contributed by atoms with Gasteiger partial charge in [0.25, 0.3) is 0 Å². The highest BCUT2D eigenvalue weighted by Crippen LogP contribution is 2.36. The second-order valence-electron chi connectivity index (χ2n) is 8.97. The first kappa shape index (κ1) is 24.5. The molecule has 2 fully saturated rings. The van der Waals surface area contributed by atoms with Crippen LogP contribution in [0.5, 0.6) is 0 Å². The summed E-state index contributed by atoms with van der Waals surface area (Å²) in [5, 5.41) is 20.4. The molecule has 0 aromatic rings. The van der Waals surface area contributed by atoms with Crippen molar-refractivity contribution in [3.63, 3.8) is 0 Å². The summed E-state index contributed by atoms with van der Waals surface area (Å²) in [5.41, 5.74) is 0.982. The molecular weight excluding hydrogens is 380 g/mol. The second kappa shape index (κ2) is 11.6. The number of methoxy groups -OCH3 is 1. The Labute approximate surface area is 180 Å². The molecule has 2 saturated carbocycles. The number of allylic oxidation sites excluding steroid dienone is 1. The molecule has 3 atom stereocenters. The maximum atomic E-state index is 12.3. The van der Waals surface area contributed by atoms with Crippen molar-refractivity contribution in [1.29, 1.82) is 0 Å². The molecule has 0 amide bonds. The number of aliphatic hydroxyl groups excluding tert-OH is 1. The number of Topliss-reactive ketones (excluding diaryl/α,β-unsaturated/α-hetero) is 1. The third-order valence-electron chi connectivity index (χ3n) is 6.72. The zero-order chi connectivity index (χ0) is 22.1. The highest BCUT2D eigenvalue weighted by atomic mass is 16.5. The van der Waals surface area contributed by atoms with Gasteiger partial charge in [-0.3, -0.25) is 9.59 Å². The van der Waals surface area contributed by atoms with E-state index in [-0.39, 0.29) is 24.3 Å². The summed E-state index contributed by atoms with van der Waals surface area (Å²) in [5.74, 6) is -0.424. The minimum absolute atomic E-state index is 0.0795. The van der Waals surface area contributed by atoms with Crippen molar-refractivity contribution in [1.82, 2.24) is 0 Å². The molecule has 0 spiro atoms. The molecule has 30 heavy (non-hydrogen) atoms. The summed E-state index contributed by atoms with van der Waals surface area (Å²) in [6, 6.07) is 0. The number of carbonyl (C=O) groups is 2. The van der Waals surface area contributed by atoms with Crippen molar-refractivity contribution in [2.45, 2.75) is 76.7 Å². The second-order valence-corrected chi connectivity index (χ2v) is 8.97. The fraction of sp³-hybridized carbons (Fsp3) is 0.680. The molecule has 0 bridgehead atoms. The number of rotatable bonds is 11. The average Bonchev–Trinajstić information content (AvgIpc) is 3.41. The monoisotopic (exact) mass is 418 g/mol. The van der Waals surface area contributed by atoms with Crippen LogP contribution in [0.15, 0.2) is 36.0 Å². The molecule has 0 heterocycles. The molecule has 0 unspecified atom stereocenters. The predicted octanol–water partition coefficient (Wildman–Crippen LogP) is 4.29. The third-order valence-corrected chi connectivity index (χ3v) is 6.72. The fourth-order valence-corrected chi connectivity index (χ4v) is 4.81. The molecule has 2 aliphatic rings. The zero-order valence-electron chi connectivity index (χ0n) is 18.6. The first-order valence-electron chi connectivity index (χ1n) is 11.3. The van der Waals surface area contributed by atoms with Crippen LogP contribution in [0.25, 0.3) is 0 Å². The Hall–Kier alpha value is -1.72. The van der Waals surface area contributed by atoms with Gasteiger partial charge in [0, 0.05) is 12.3 Å². The summed E-state index contributed by atoms with van der Waals surface area (Å²) in [7, 11) is 1.37. The number of aliphatic hydroxyl groups is 2. The lowest BCUT2D eigenvalue weighted by atomic mass is 9.84. The van der Waals surface area contributed by atoms with Gasteiger partial charge in [-0.15, -0.1) is 6.58 Å². The molecule has 0 aromatic carbocycles. The first-order chi connectivity index (χ1) is 14.3.